The highest BCUT2D eigenvalue weighted by Gasteiger charge is 2.27. The van der Waals surface area contributed by atoms with Crippen LogP contribution in [0.1, 0.15) is 42.8 Å². The first-order valence-corrected chi connectivity index (χ1v) is 43.8. The summed E-state index contributed by atoms with van der Waals surface area (Å²) in [5.41, 5.74) is 21.9. The predicted octanol–water partition coefficient (Wildman–Crippen LogP) is 38.6. The lowest BCUT2D eigenvalue weighted by atomic mass is 9.85. The minimum absolute atomic E-state index is 0. The number of para-hydroxylation sites is 3. The minimum Gasteiger partial charge on any atom is -0.455 e. The quantitative estimate of drug-likeness (QED) is 0.128. The largest absolute Gasteiger partial charge is 0.455 e. The minimum atomic E-state index is -0.404. The molecule has 24 aromatic carbocycles. The molecule has 134 heavy (non-hydrogen) atoms. The van der Waals surface area contributed by atoms with Crippen molar-refractivity contribution in [1.29, 1.82) is 0 Å². The topological polar surface area (TPSA) is 39.4 Å². The molecular formula is C131H92O3. The molecule has 3 nitrogen and oxygen atoms in total. The van der Waals surface area contributed by atoms with Gasteiger partial charge in [0.15, 0.2) is 0 Å². The Balaban J connectivity index is 0.000000125. The Labute approximate surface area is 799 Å². The molecule has 27 rings (SSSR count). The number of hydrogen-bond donors (Lipinski definition) is 0. The Morgan fingerprint density at radius 2 is 0.410 bits per heavy atom. The predicted molar refractivity (Wildman–Crippen MR) is 576 cm³/mol. The standard InChI is InChI=1S/C44H28O.2C42H26O.3CH4/c1-3-14-29(15-4-1)31-18-11-19-32(28-31)33-24-12-26-39-43-38(25-13-27-40(43)45-44(33)39)42-36-22-9-7-20-34(36)41(30-16-5-2-6-17-30)35-21-8-10-23-37(35)42;1-2-14-28(15-3-1)39-31-18-6-8-20-33(31)40(34-21-9-7-19-32(34)39)36-24-12-26-38-41(36)37-25-11-23-35(42(37)43-38)30-22-10-16-27-13-4-5-17-29(27)30;1-2-13-28(14-3-1)39-32-16-6-8-18-34(32)40(35-19-9-7-17-33(35)39)36-21-11-23-38-41(36)37-22-10-20-31(42(37)43-38)30-25-24-27-12-4-5-15-29(27)26-30;;;/h1-28H;2*1-26H;3*1H4/i2D,5D,6D,16D,17D;1D,2D,3D,14D,15D;1D,2D,3D,13D,14D;;;. The van der Waals surface area contributed by atoms with E-state index in [-0.39, 0.29) is 111 Å². The third-order valence-electron chi connectivity index (χ3n) is 25.8. The highest BCUT2D eigenvalue weighted by atomic mass is 16.3. The van der Waals surface area contributed by atoms with Gasteiger partial charge in [0, 0.05) is 49.0 Å². The third kappa shape index (κ3) is 13.8. The van der Waals surface area contributed by atoms with E-state index in [1.54, 1.807) is 0 Å². The van der Waals surface area contributed by atoms with Crippen LogP contribution in [0, 0.1) is 0 Å². The highest BCUT2D eigenvalue weighted by Crippen LogP contribution is 2.54. The van der Waals surface area contributed by atoms with Crippen molar-refractivity contribution in [2.75, 3.05) is 0 Å². The van der Waals surface area contributed by atoms with Gasteiger partial charge in [-0.05, 0) is 211 Å². The Morgan fingerprint density at radius 1 is 0.149 bits per heavy atom. The lowest BCUT2D eigenvalue weighted by molar-refractivity contribution is 0.669. The van der Waals surface area contributed by atoms with Crippen LogP contribution in [0.15, 0.2) is 498 Å². The van der Waals surface area contributed by atoms with Gasteiger partial charge in [0.2, 0.25) is 0 Å². The summed E-state index contributed by atoms with van der Waals surface area (Å²) in [5.74, 6) is 0. The van der Waals surface area contributed by atoms with Crippen molar-refractivity contribution >= 4 is 152 Å². The summed E-state index contributed by atoms with van der Waals surface area (Å²) < 4.78 is 149. The van der Waals surface area contributed by atoms with Gasteiger partial charge in [-0.1, -0.05) is 477 Å². The fraction of sp³-hybridized carbons (Fsp3) is 0.0229. The third-order valence-corrected chi connectivity index (χ3v) is 25.8. The Morgan fingerprint density at radius 3 is 0.806 bits per heavy atom. The summed E-state index contributed by atoms with van der Waals surface area (Å²) in [4.78, 5) is 0. The van der Waals surface area contributed by atoms with Crippen LogP contribution in [-0.2, 0) is 0 Å². The van der Waals surface area contributed by atoms with Gasteiger partial charge in [-0.2, -0.15) is 0 Å². The van der Waals surface area contributed by atoms with E-state index >= 15 is 0 Å². The molecule has 0 saturated heterocycles. The van der Waals surface area contributed by atoms with Crippen molar-refractivity contribution in [1.82, 2.24) is 0 Å². The molecule has 0 bridgehead atoms. The van der Waals surface area contributed by atoms with E-state index in [9.17, 15) is 0 Å². The number of rotatable bonds is 10. The molecule has 0 amide bonds. The van der Waals surface area contributed by atoms with Crippen molar-refractivity contribution in [2.45, 2.75) is 22.3 Å². The molecular weight excluding hydrogens is 1620 g/mol. The van der Waals surface area contributed by atoms with Crippen molar-refractivity contribution in [3.05, 3.63) is 485 Å². The van der Waals surface area contributed by atoms with Crippen LogP contribution in [-0.4, -0.2) is 0 Å². The molecule has 0 atom stereocenters. The van der Waals surface area contributed by atoms with E-state index in [2.05, 4.69) is 224 Å². The van der Waals surface area contributed by atoms with Gasteiger partial charge in [-0.15, -0.1) is 0 Å². The van der Waals surface area contributed by atoms with Gasteiger partial charge >= 0.3 is 0 Å². The fourth-order valence-corrected chi connectivity index (χ4v) is 20.3. The second-order valence-electron chi connectivity index (χ2n) is 32.9. The Hall–Kier alpha value is -17.2. The first-order chi connectivity index (χ1) is 71.3. The van der Waals surface area contributed by atoms with E-state index in [0.717, 1.165) is 214 Å². The van der Waals surface area contributed by atoms with Gasteiger partial charge in [-0.25, -0.2) is 0 Å². The monoisotopic (exact) mass is 1730 g/mol. The second-order valence-corrected chi connectivity index (χ2v) is 32.9. The summed E-state index contributed by atoms with van der Waals surface area (Å²) in [6, 6.07) is 129. The number of fused-ring (bicyclic) bond motifs is 17. The van der Waals surface area contributed by atoms with Crippen molar-refractivity contribution in [2.24, 2.45) is 0 Å². The molecule has 0 aliphatic carbocycles. The van der Waals surface area contributed by atoms with E-state index in [1.165, 1.54) is 16.2 Å². The van der Waals surface area contributed by atoms with E-state index in [0.29, 0.717) is 16.7 Å². The Kier molecular flexibility index (Phi) is 17.3. The van der Waals surface area contributed by atoms with E-state index in [4.69, 9.17) is 33.8 Å². The fourth-order valence-electron chi connectivity index (χ4n) is 20.3. The van der Waals surface area contributed by atoms with Crippen LogP contribution in [0.2, 0.25) is 0 Å². The van der Waals surface area contributed by atoms with Crippen molar-refractivity contribution < 1.29 is 33.8 Å². The number of benzene rings is 24. The normalized spacial score (nSPS) is 13.0. The molecule has 0 saturated carbocycles. The molecule has 27 aromatic rings. The maximum Gasteiger partial charge on any atom is 0.143 e. The molecule has 0 radical (unpaired) electrons. The summed E-state index contributed by atoms with van der Waals surface area (Å²) >= 11 is 0. The smallest absolute Gasteiger partial charge is 0.143 e. The maximum absolute atomic E-state index is 8.89. The van der Waals surface area contributed by atoms with Crippen molar-refractivity contribution in [3.63, 3.8) is 0 Å². The zero-order chi connectivity index (χ0) is 99.5. The Bertz CT molecular complexity index is 9980. The SMILES string of the molecule is C.C.C.[2H]c1c([2H])c([2H])c(-c2c3ccccc3c(-c3cccc4oc5c(-c6ccc7ccccc7c6)cccc5c34)c3ccccc23)c([2H])c1[2H].[2H]c1c([2H])c([2H])c(-c2c3ccccc3c(-c3cccc4oc5c(-c6cccc(-c7ccccc7)c6)cccc5c34)c3ccccc23)c([2H])c1[2H].[2H]c1c([2H])c([2H])c(-c2c3ccccc3c(-c3cccc4oc5c(-c6cccc7ccccc67)cccc5c34)c3ccccc23)c([2H])c1[2H]. The molecule has 0 aliphatic rings. The molecule has 0 spiro atoms. The lowest BCUT2D eigenvalue weighted by Crippen LogP contribution is -1.91. The van der Waals surface area contributed by atoms with Crippen molar-refractivity contribution in [3.8, 4) is 111 Å². The van der Waals surface area contributed by atoms with Gasteiger partial charge in [0.1, 0.15) is 33.5 Å². The average molecular weight is 1730 g/mol. The van der Waals surface area contributed by atoms with Gasteiger partial charge in [-0.3, -0.25) is 0 Å². The first kappa shape index (κ1) is 67.0. The summed E-state index contributed by atoms with van der Waals surface area (Å²) in [5, 5.41) is 21.1. The average Bonchev–Trinajstić information content (AvgIpc) is 1.66. The molecule has 3 heteroatoms. The summed E-state index contributed by atoms with van der Waals surface area (Å²) in [7, 11) is 0. The molecule has 3 aromatic heterocycles. The molecule has 0 N–H and O–H groups in total. The lowest BCUT2D eigenvalue weighted by Gasteiger charge is -2.18. The molecule has 3 heterocycles. The molecule has 634 valence electrons. The molecule has 0 unspecified atom stereocenters. The van der Waals surface area contributed by atoms with E-state index < -0.39 is 18.1 Å². The summed E-state index contributed by atoms with van der Waals surface area (Å²) in [6.45, 7) is 0. The number of hydrogen-bond acceptors (Lipinski definition) is 3. The second kappa shape index (κ2) is 34.6. The van der Waals surface area contributed by atoms with Crippen LogP contribution in [0.4, 0.5) is 0 Å². The number of furan rings is 3. The van der Waals surface area contributed by atoms with Crippen LogP contribution in [0.5, 0.6) is 0 Å². The zero-order valence-corrected chi connectivity index (χ0v) is 70.3. The zero-order valence-electron chi connectivity index (χ0n) is 85.3. The molecule has 0 aliphatic heterocycles. The molecule has 0 fully saturated rings. The summed E-state index contributed by atoms with van der Waals surface area (Å²) in [6.07, 6.45) is 0. The van der Waals surface area contributed by atoms with Gasteiger partial charge in [0.05, 0.1) is 20.6 Å². The maximum atomic E-state index is 8.89. The first-order valence-electron chi connectivity index (χ1n) is 51.3. The van der Waals surface area contributed by atoms with E-state index in [1.807, 2.05) is 170 Å². The van der Waals surface area contributed by atoms with Crippen LogP contribution in [0.3, 0.4) is 0 Å². The highest BCUT2D eigenvalue weighted by molar-refractivity contribution is 6.30. The van der Waals surface area contributed by atoms with Crippen LogP contribution >= 0.6 is 0 Å². The van der Waals surface area contributed by atoms with Gasteiger partial charge in [0.25, 0.3) is 0 Å². The van der Waals surface area contributed by atoms with Gasteiger partial charge < -0.3 is 13.3 Å². The van der Waals surface area contributed by atoms with Crippen LogP contribution < -0.4 is 0 Å². The van der Waals surface area contributed by atoms with Crippen LogP contribution in [0.25, 0.3) is 263 Å².